The van der Waals surface area contributed by atoms with Crippen LogP contribution in [-0.4, -0.2) is 12.5 Å². The molecule has 0 atom stereocenters. The van der Waals surface area contributed by atoms with Crippen molar-refractivity contribution < 1.29 is 9.53 Å². The Bertz CT molecular complexity index is 666. The van der Waals surface area contributed by atoms with Gasteiger partial charge in [0, 0.05) is 11.3 Å². The molecule has 2 aromatic carbocycles. The minimum Gasteiger partial charge on any atom is -0.492 e. The molecular formula is C17H20N2O2. The lowest BCUT2D eigenvalue weighted by molar-refractivity contribution is 0.102. The Labute approximate surface area is 124 Å². The summed E-state index contributed by atoms with van der Waals surface area (Å²) in [6, 6.07) is 11.0. The van der Waals surface area contributed by atoms with Gasteiger partial charge in [0.1, 0.15) is 5.75 Å². The van der Waals surface area contributed by atoms with E-state index in [0.29, 0.717) is 29.3 Å². The second-order valence-corrected chi connectivity index (χ2v) is 4.96. The summed E-state index contributed by atoms with van der Waals surface area (Å²) >= 11 is 0. The van der Waals surface area contributed by atoms with Crippen molar-refractivity contribution in [3.05, 3.63) is 53.1 Å². The fourth-order valence-corrected chi connectivity index (χ4v) is 2.00. The molecule has 3 N–H and O–H groups in total. The zero-order chi connectivity index (χ0) is 15.4. The molecule has 0 radical (unpaired) electrons. The van der Waals surface area contributed by atoms with Crippen LogP contribution in [0.15, 0.2) is 36.4 Å². The van der Waals surface area contributed by atoms with Crippen LogP contribution in [0.25, 0.3) is 0 Å². The standard InChI is InChI=1S/C17H20N2O2/c1-4-21-16-8-5-11(2)9-15(16)19-17(20)13-7-6-12(3)14(18)10-13/h5-10H,4,18H2,1-3H3,(H,19,20). The van der Waals surface area contributed by atoms with Crippen LogP contribution in [0.3, 0.4) is 0 Å². The minimum absolute atomic E-state index is 0.201. The quantitative estimate of drug-likeness (QED) is 0.844. The van der Waals surface area contributed by atoms with Crippen LogP contribution in [-0.2, 0) is 0 Å². The number of aryl methyl sites for hydroxylation is 2. The maximum absolute atomic E-state index is 12.3. The van der Waals surface area contributed by atoms with Crippen molar-refractivity contribution in [1.29, 1.82) is 0 Å². The van der Waals surface area contributed by atoms with E-state index in [9.17, 15) is 4.79 Å². The third-order valence-corrected chi connectivity index (χ3v) is 3.22. The van der Waals surface area contributed by atoms with Crippen molar-refractivity contribution in [3.8, 4) is 5.75 Å². The van der Waals surface area contributed by atoms with E-state index >= 15 is 0 Å². The first kappa shape index (κ1) is 14.9. The SMILES string of the molecule is CCOc1ccc(C)cc1NC(=O)c1ccc(C)c(N)c1. The molecule has 0 unspecified atom stereocenters. The number of benzene rings is 2. The van der Waals surface area contributed by atoms with Gasteiger partial charge in [-0.25, -0.2) is 0 Å². The van der Waals surface area contributed by atoms with Crippen molar-refractivity contribution >= 4 is 17.3 Å². The van der Waals surface area contributed by atoms with E-state index in [1.807, 2.05) is 45.0 Å². The Morgan fingerprint density at radius 2 is 1.95 bits per heavy atom. The molecule has 0 saturated carbocycles. The molecule has 0 bridgehead atoms. The number of hydrogen-bond donors (Lipinski definition) is 2. The van der Waals surface area contributed by atoms with E-state index < -0.39 is 0 Å². The molecule has 21 heavy (non-hydrogen) atoms. The van der Waals surface area contributed by atoms with E-state index in [1.54, 1.807) is 12.1 Å². The number of carbonyl (C=O) groups excluding carboxylic acids is 1. The fraction of sp³-hybridized carbons (Fsp3) is 0.235. The number of nitrogens with two attached hydrogens (primary N) is 1. The summed E-state index contributed by atoms with van der Waals surface area (Å²) < 4.78 is 5.53. The summed E-state index contributed by atoms with van der Waals surface area (Å²) in [5.74, 6) is 0.463. The maximum atomic E-state index is 12.3. The molecule has 4 heteroatoms. The van der Waals surface area contributed by atoms with Gasteiger partial charge in [-0.2, -0.15) is 0 Å². The van der Waals surface area contributed by atoms with Gasteiger partial charge in [0.25, 0.3) is 5.91 Å². The Balaban J connectivity index is 2.26. The minimum atomic E-state index is -0.201. The molecular weight excluding hydrogens is 264 g/mol. The van der Waals surface area contributed by atoms with Crippen molar-refractivity contribution in [3.63, 3.8) is 0 Å². The molecule has 1 amide bonds. The smallest absolute Gasteiger partial charge is 0.255 e. The molecule has 2 rings (SSSR count). The molecule has 0 aliphatic rings. The average molecular weight is 284 g/mol. The summed E-state index contributed by atoms with van der Waals surface area (Å²) in [5.41, 5.74) is 9.66. The van der Waals surface area contributed by atoms with Crippen LogP contribution in [0.4, 0.5) is 11.4 Å². The zero-order valence-electron chi connectivity index (χ0n) is 12.6. The lowest BCUT2D eigenvalue weighted by atomic mass is 10.1. The van der Waals surface area contributed by atoms with Gasteiger partial charge in [-0.15, -0.1) is 0 Å². The molecule has 0 fully saturated rings. The Morgan fingerprint density at radius 1 is 1.19 bits per heavy atom. The molecule has 2 aromatic rings. The third kappa shape index (κ3) is 3.54. The number of amides is 1. The fourth-order valence-electron chi connectivity index (χ4n) is 2.00. The first-order chi connectivity index (χ1) is 10.0. The molecule has 0 spiro atoms. The monoisotopic (exact) mass is 284 g/mol. The van der Waals surface area contributed by atoms with Crippen LogP contribution >= 0.6 is 0 Å². The van der Waals surface area contributed by atoms with Gasteiger partial charge in [-0.3, -0.25) is 4.79 Å². The molecule has 110 valence electrons. The summed E-state index contributed by atoms with van der Waals surface area (Å²) in [4.78, 5) is 12.3. The molecule has 0 aliphatic carbocycles. The predicted octanol–water partition coefficient (Wildman–Crippen LogP) is 3.54. The first-order valence-electron chi connectivity index (χ1n) is 6.92. The van der Waals surface area contributed by atoms with Crippen LogP contribution in [0.1, 0.15) is 28.4 Å². The van der Waals surface area contributed by atoms with Gasteiger partial charge < -0.3 is 15.8 Å². The Hall–Kier alpha value is -2.49. The summed E-state index contributed by atoms with van der Waals surface area (Å²) in [6.07, 6.45) is 0. The molecule has 0 aliphatic heterocycles. The number of rotatable bonds is 4. The Morgan fingerprint density at radius 3 is 2.62 bits per heavy atom. The van der Waals surface area contributed by atoms with Crippen LogP contribution in [0, 0.1) is 13.8 Å². The van der Waals surface area contributed by atoms with Gasteiger partial charge in [0.2, 0.25) is 0 Å². The Kier molecular flexibility index (Phi) is 4.48. The summed E-state index contributed by atoms with van der Waals surface area (Å²) in [5, 5.41) is 2.88. The second kappa shape index (κ2) is 6.31. The number of hydrogen-bond acceptors (Lipinski definition) is 3. The highest BCUT2D eigenvalue weighted by Crippen LogP contribution is 2.26. The highest BCUT2D eigenvalue weighted by Gasteiger charge is 2.11. The van der Waals surface area contributed by atoms with Crippen molar-refractivity contribution in [2.75, 3.05) is 17.7 Å². The van der Waals surface area contributed by atoms with E-state index in [2.05, 4.69) is 5.32 Å². The average Bonchev–Trinajstić information content (AvgIpc) is 2.45. The number of nitrogen functional groups attached to an aromatic ring is 1. The van der Waals surface area contributed by atoms with Crippen molar-refractivity contribution in [1.82, 2.24) is 0 Å². The number of nitrogens with one attached hydrogen (secondary N) is 1. The molecule has 4 nitrogen and oxygen atoms in total. The van der Waals surface area contributed by atoms with E-state index in [1.165, 1.54) is 0 Å². The maximum Gasteiger partial charge on any atom is 0.255 e. The van der Waals surface area contributed by atoms with E-state index in [-0.39, 0.29) is 5.91 Å². The largest absolute Gasteiger partial charge is 0.492 e. The van der Waals surface area contributed by atoms with Crippen molar-refractivity contribution in [2.24, 2.45) is 0 Å². The van der Waals surface area contributed by atoms with E-state index in [4.69, 9.17) is 10.5 Å². The zero-order valence-corrected chi connectivity index (χ0v) is 12.6. The highest BCUT2D eigenvalue weighted by molar-refractivity contribution is 6.05. The molecule has 0 heterocycles. The van der Waals surface area contributed by atoms with Crippen molar-refractivity contribution in [2.45, 2.75) is 20.8 Å². The van der Waals surface area contributed by atoms with Gasteiger partial charge in [-0.05, 0) is 56.2 Å². The lowest BCUT2D eigenvalue weighted by Crippen LogP contribution is -2.13. The number of carbonyl (C=O) groups is 1. The van der Waals surface area contributed by atoms with Crippen LogP contribution in [0.2, 0.25) is 0 Å². The third-order valence-electron chi connectivity index (χ3n) is 3.22. The normalized spacial score (nSPS) is 10.2. The highest BCUT2D eigenvalue weighted by atomic mass is 16.5. The summed E-state index contributed by atoms with van der Waals surface area (Å²) in [6.45, 7) is 6.33. The van der Waals surface area contributed by atoms with Gasteiger partial charge >= 0.3 is 0 Å². The topological polar surface area (TPSA) is 64.3 Å². The predicted molar refractivity (Wildman–Crippen MR) is 85.9 cm³/mol. The molecule has 0 aromatic heterocycles. The van der Waals surface area contributed by atoms with E-state index in [0.717, 1.165) is 11.1 Å². The lowest BCUT2D eigenvalue weighted by Gasteiger charge is -2.13. The molecule has 0 saturated heterocycles. The summed E-state index contributed by atoms with van der Waals surface area (Å²) in [7, 11) is 0. The van der Waals surface area contributed by atoms with Gasteiger partial charge in [0.05, 0.1) is 12.3 Å². The van der Waals surface area contributed by atoms with Gasteiger partial charge in [0.15, 0.2) is 0 Å². The number of anilines is 2. The first-order valence-corrected chi connectivity index (χ1v) is 6.92. The van der Waals surface area contributed by atoms with Gasteiger partial charge in [-0.1, -0.05) is 12.1 Å². The number of ether oxygens (including phenoxy) is 1. The van der Waals surface area contributed by atoms with Crippen LogP contribution in [0.5, 0.6) is 5.75 Å². The van der Waals surface area contributed by atoms with Crippen LogP contribution < -0.4 is 15.8 Å². The second-order valence-electron chi connectivity index (χ2n) is 4.96.